The third kappa shape index (κ3) is 44.9. The van der Waals surface area contributed by atoms with Crippen molar-refractivity contribution >= 4 is 0 Å². The van der Waals surface area contributed by atoms with Gasteiger partial charge in [-0.05, 0) is 49.7 Å². The number of nitrogens with one attached hydrogen (secondary N) is 1. The van der Waals surface area contributed by atoms with Gasteiger partial charge < -0.3 is 17.3 Å². The van der Waals surface area contributed by atoms with Crippen LogP contribution >= 0.6 is 0 Å². The molecular weight excluding hydrogens is 926 g/mol. The molecule has 2 heteroatoms. The summed E-state index contributed by atoms with van der Waals surface area (Å²) in [5.74, 6) is 0. The molecule has 1 nitrogen and oxygen atoms in total. The van der Waals surface area contributed by atoms with Crippen molar-refractivity contribution in [2.24, 2.45) is 0 Å². The van der Waals surface area contributed by atoms with E-state index in [0.29, 0.717) is 0 Å². The smallest absolute Gasteiger partial charge is 0.123 e. The number of quaternary nitrogens is 1. The van der Waals surface area contributed by atoms with E-state index in [0.717, 1.165) is 0 Å². The standard InChI is InChI=1S/C73H141N.ClH/c1-7-11-15-19-23-27-31-35-39-43-47-51-55-59-64-70-65-63-67-72(71(70)66-60-56-52-48-44-40-36-32-28-24-20-16-12-8-2)73(74(5)6,68-61-57-53-49-45-41-37-33-29-25-21-17-13-9-3)69-62-58-54-50-46-42-38-34-30-26-22-18-14-10-4;/h63,65,67H,7-62,64,66,68-69H2,1-6H3;1H. The van der Waals surface area contributed by atoms with Crippen LogP contribution in [0.3, 0.4) is 0 Å². The lowest BCUT2D eigenvalue weighted by molar-refractivity contribution is -0.925. The first-order chi connectivity index (χ1) is 36.6. The van der Waals surface area contributed by atoms with Crippen molar-refractivity contribution in [1.29, 1.82) is 0 Å². The van der Waals surface area contributed by atoms with Gasteiger partial charge in [0.2, 0.25) is 0 Å². The zero-order valence-electron chi connectivity index (χ0n) is 53.0. The maximum Gasteiger partial charge on any atom is 0.123 e. The number of hydrogen-bond acceptors (Lipinski definition) is 0. The Kier molecular flexibility index (Phi) is 59.2. The molecule has 1 rings (SSSR count). The third-order valence-corrected chi connectivity index (χ3v) is 18.2. The van der Waals surface area contributed by atoms with Crippen molar-refractivity contribution in [3.63, 3.8) is 0 Å². The van der Waals surface area contributed by atoms with Crippen LogP contribution in [0.2, 0.25) is 0 Å². The number of unbranched alkanes of at least 4 members (excludes halogenated alkanes) is 52. The second kappa shape index (κ2) is 59.6. The Morgan fingerprint density at radius 1 is 0.267 bits per heavy atom. The first kappa shape index (κ1) is 74.5. The topological polar surface area (TPSA) is 4.44 Å². The molecule has 446 valence electrons. The number of benzene rings is 1. The lowest BCUT2D eigenvalue weighted by atomic mass is 9.75. The second-order valence-corrected chi connectivity index (χ2v) is 25.4. The molecule has 0 radical (unpaired) electrons. The monoisotopic (exact) mass is 1070 g/mol. The van der Waals surface area contributed by atoms with Gasteiger partial charge in [-0.3, -0.25) is 0 Å². The third-order valence-electron chi connectivity index (χ3n) is 18.2. The molecule has 0 spiro atoms. The van der Waals surface area contributed by atoms with Crippen LogP contribution in [-0.4, -0.2) is 14.1 Å². The summed E-state index contributed by atoms with van der Waals surface area (Å²) in [5.41, 5.74) is 5.59. The number of rotatable bonds is 62. The number of aryl methyl sites for hydroxylation is 1. The van der Waals surface area contributed by atoms with Gasteiger partial charge in [0, 0.05) is 18.4 Å². The van der Waals surface area contributed by atoms with Crippen LogP contribution in [-0.2, 0) is 18.4 Å². The fourth-order valence-corrected chi connectivity index (χ4v) is 13.0. The van der Waals surface area contributed by atoms with Gasteiger partial charge in [-0.15, -0.1) is 0 Å². The number of hydrogen-bond donors (Lipinski definition) is 1. The molecule has 0 aliphatic rings. The van der Waals surface area contributed by atoms with Crippen molar-refractivity contribution in [3.8, 4) is 0 Å². The summed E-state index contributed by atoms with van der Waals surface area (Å²) in [4.78, 5) is 1.72. The Bertz CT molecular complexity index is 1190. The molecule has 1 N–H and O–H groups in total. The van der Waals surface area contributed by atoms with Crippen molar-refractivity contribution in [2.45, 2.75) is 418 Å². The highest BCUT2D eigenvalue weighted by atomic mass is 35.5. The van der Waals surface area contributed by atoms with E-state index in [1.165, 1.54) is 385 Å². The molecule has 0 aliphatic heterocycles. The Labute approximate surface area is 482 Å². The van der Waals surface area contributed by atoms with E-state index >= 15 is 0 Å². The van der Waals surface area contributed by atoms with Gasteiger partial charge in [-0.1, -0.05) is 380 Å². The SMILES string of the molecule is CCCCCCCCCCCCCCCCc1cccc(C(CCCCCCCCCCCCCCCC)(CCCCCCCCCCCCCCCC)[NH+](C)C)c1CCCCCCCCCCCCCCCC.[Cl-]. The Balaban J connectivity index is 0.0000548. The van der Waals surface area contributed by atoms with Crippen LogP contribution in [0.5, 0.6) is 0 Å². The van der Waals surface area contributed by atoms with Crippen LogP contribution in [0, 0.1) is 0 Å². The summed E-state index contributed by atoms with van der Waals surface area (Å²) in [6.45, 7) is 9.33. The van der Waals surface area contributed by atoms with Crippen molar-refractivity contribution in [1.82, 2.24) is 0 Å². The van der Waals surface area contributed by atoms with Crippen LogP contribution < -0.4 is 17.3 Å². The van der Waals surface area contributed by atoms with Crippen LogP contribution in [0.1, 0.15) is 417 Å². The average molecular weight is 1070 g/mol. The van der Waals surface area contributed by atoms with Crippen molar-refractivity contribution < 1.29 is 17.3 Å². The van der Waals surface area contributed by atoms with Gasteiger partial charge in [-0.2, -0.15) is 0 Å². The number of halogens is 1. The van der Waals surface area contributed by atoms with Gasteiger partial charge >= 0.3 is 0 Å². The van der Waals surface area contributed by atoms with Gasteiger partial charge in [0.25, 0.3) is 0 Å². The zero-order valence-corrected chi connectivity index (χ0v) is 53.8. The van der Waals surface area contributed by atoms with Crippen LogP contribution in [0.25, 0.3) is 0 Å². The highest BCUT2D eigenvalue weighted by Crippen LogP contribution is 2.36. The molecule has 0 saturated carbocycles. The van der Waals surface area contributed by atoms with Crippen LogP contribution in [0.4, 0.5) is 0 Å². The lowest BCUT2D eigenvalue weighted by Crippen LogP contribution is -3.13. The molecule has 75 heavy (non-hydrogen) atoms. The second-order valence-electron chi connectivity index (χ2n) is 25.4. The summed E-state index contributed by atoms with van der Waals surface area (Å²) in [7, 11) is 5.12. The highest BCUT2D eigenvalue weighted by Gasteiger charge is 2.39. The average Bonchev–Trinajstić information content (AvgIpc) is 3.40. The van der Waals surface area contributed by atoms with Gasteiger partial charge in [0.1, 0.15) is 5.54 Å². The normalized spacial score (nSPS) is 11.9. The Morgan fingerprint density at radius 3 is 0.720 bits per heavy atom. The van der Waals surface area contributed by atoms with Gasteiger partial charge in [0.05, 0.1) is 14.1 Å². The summed E-state index contributed by atoms with van der Waals surface area (Å²) in [5, 5.41) is 0. The molecule has 0 heterocycles. The van der Waals surface area contributed by atoms with Crippen molar-refractivity contribution in [2.75, 3.05) is 14.1 Å². The molecule has 0 saturated heterocycles. The molecule has 0 atom stereocenters. The highest BCUT2D eigenvalue weighted by molar-refractivity contribution is 5.39. The minimum Gasteiger partial charge on any atom is -1.00 e. The van der Waals surface area contributed by atoms with E-state index in [2.05, 4.69) is 60.0 Å². The van der Waals surface area contributed by atoms with Crippen LogP contribution in [0.15, 0.2) is 18.2 Å². The van der Waals surface area contributed by atoms with E-state index < -0.39 is 0 Å². The quantitative estimate of drug-likeness (QED) is 0.0620. The first-order valence-electron chi connectivity index (χ1n) is 35.5. The summed E-state index contributed by atoms with van der Waals surface area (Å²) in [6.07, 6.45) is 86.4. The van der Waals surface area contributed by atoms with Gasteiger partial charge in [0.15, 0.2) is 0 Å². The largest absolute Gasteiger partial charge is 1.00 e. The molecule has 0 unspecified atom stereocenters. The predicted molar refractivity (Wildman–Crippen MR) is 339 cm³/mol. The fourth-order valence-electron chi connectivity index (χ4n) is 13.0. The summed E-state index contributed by atoms with van der Waals surface area (Å²) in [6, 6.07) is 7.80. The minimum absolute atomic E-state index is 0. The Morgan fingerprint density at radius 2 is 0.480 bits per heavy atom. The molecule has 0 aromatic heterocycles. The van der Waals surface area contributed by atoms with E-state index in [9.17, 15) is 0 Å². The molecule has 0 aliphatic carbocycles. The maximum atomic E-state index is 2.68. The molecule has 0 fully saturated rings. The van der Waals surface area contributed by atoms with Crippen molar-refractivity contribution in [3.05, 3.63) is 34.9 Å². The van der Waals surface area contributed by atoms with E-state index in [4.69, 9.17) is 0 Å². The zero-order chi connectivity index (χ0) is 53.4. The molecule has 0 bridgehead atoms. The maximum absolute atomic E-state index is 2.68. The molecule has 0 amide bonds. The predicted octanol–water partition coefficient (Wildman–Crippen LogP) is 21.8. The Hall–Kier alpha value is -0.530. The fraction of sp³-hybridized carbons (Fsp3) is 0.918. The molecular formula is C73H142ClN. The summed E-state index contributed by atoms with van der Waals surface area (Å²) < 4.78 is 0. The van der Waals surface area contributed by atoms with Gasteiger partial charge in [-0.25, -0.2) is 0 Å². The first-order valence-corrected chi connectivity index (χ1v) is 35.5. The van der Waals surface area contributed by atoms with E-state index in [1.54, 1.807) is 16.0 Å². The van der Waals surface area contributed by atoms with E-state index in [-0.39, 0.29) is 17.9 Å². The minimum atomic E-state index is 0. The molecule has 1 aromatic carbocycles. The van der Waals surface area contributed by atoms with E-state index in [1.807, 2.05) is 5.56 Å². The summed E-state index contributed by atoms with van der Waals surface area (Å²) >= 11 is 0. The molecule has 1 aromatic rings. The lowest BCUT2D eigenvalue weighted by Gasteiger charge is -2.40.